The smallest absolute Gasteiger partial charge is 0.141 e. The molecule has 2 aromatic rings. The molecule has 4 heteroatoms. The number of halogens is 1. The molecule has 0 aliphatic carbocycles. The molecule has 0 fully saturated rings. The molecule has 3 nitrogen and oxygen atoms in total. The Kier molecular flexibility index (Phi) is 3.62. The summed E-state index contributed by atoms with van der Waals surface area (Å²) in [6.07, 6.45) is 0. The van der Waals surface area contributed by atoms with Crippen molar-refractivity contribution in [3.63, 3.8) is 0 Å². The Morgan fingerprint density at radius 3 is 2.33 bits per heavy atom. The van der Waals surface area contributed by atoms with Crippen LogP contribution in [0.2, 0.25) is 5.02 Å². The van der Waals surface area contributed by atoms with Crippen LogP contribution in [-0.2, 0) is 6.54 Å². The van der Waals surface area contributed by atoms with Gasteiger partial charge in [-0.1, -0.05) is 49.7 Å². The molecule has 0 unspecified atom stereocenters. The van der Waals surface area contributed by atoms with E-state index in [1.807, 2.05) is 6.92 Å². The quantitative estimate of drug-likeness (QED) is 0.920. The van der Waals surface area contributed by atoms with Gasteiger partial charge in [0.25, 0.3) is 0 Å². The average Bonchev–Trinajstić information content (AvgIpc) is 2.58. The van der Waals surface area contributed by atoms with Gasteiger partial charge in [0.15, 0.2) is 0 Å². The van der Waals surface area contributed by atoms with Gasteiger partial charge in [0.1, 0.15) is 10.8 Å². The fourth-order valence-electron chi connectivity index (χ4n) is 1.88. The molecule has 0 amide bonds. The van der Waals surface area contributed by atoms with Crippen LogP contribution in [0.4, 0.5) is 5.82 Å². The van der Waals surface area contributed by atoms with E-state index in [9.17, 15) is 0 Å². The Labute approximate surface area is 113 Å². The fourth-order valence-corrected chi connectivity index (χ4v) is 2.01. The monoisotopic (exact) mass is 263 g/mol. The van der Waals surface area contributed by atoms with Gasteiger partial charge in [-0.15, -0.1) is 0 Å². The molecule has 96 valence electrons. The van der Waals surface area contributed by atoms with Crippen LogP contribution in [0.25, 0.3) is 0 Å². The molecule has 2 rings (SSSR count). The van der Waals surface area contributed by atoms with E-state index >= 15 is 0 Å². The molecular formula is C14H18ClN3. The Balaban J connectivity index is 2.21. The van der Waals surface area contributed by atoms with E-state index in [0.717, 1.165) is 5.69 Å². The van der Waals surface area contributed by atoms with Crippen molar-refractivity contribution in [3.05, 3.63) is 46.1 Å². The maximum absolute atomic E-state index is 6.02. The predicted octanol–water partition coefficient (Wildman–Crippen LogP) is 3.60. The standard InChI is InChI=1S/C14H18ClN3/c1-9(2)12-6-4-11(5-7-12)8-18-14(16)13(15)10(3)17-18/h4-7,9H,8,16H2,1-3H3. The van der Waals surface area contributed by atoms with Crippen LogP contribution in [0.3, 0.4) is 0 Å². The highest BCUT2D eigenvalue weighted by molar-refractivity contribution is 6.33. The zero-order valence-corrected chi connectivity index (χ0v) is 11.7. The van der Waals surface area contributed by atoms with E-state index in [4.69, 9.17) is 17.3 Å². The SMILES string of the molecule is Cc1nn(Cc2ccc(C(C)C)cc2)c(N)c1Cl. The van der Waals surface area contributed by atoms with E-state index in [1.54, 1.807) is 4.68 Å². The largest absolute Gasteiger partial charge is 0.383 e. The lowest BCUT2D eigenvalue weighted by atomic mass is 10.0. The summed E-state index contributed by atoms with van der Waals surface area (Å²) in [6, 6.07) is 8.52. The van der Waals surface area contributed by atoms with Gasteiger partial charge in [0.05, 0.1) is 12.2 Å². The predicted molar refractivity (Wildman–Crippen MR) is 76.0 cm³/mol. The first-order chi connectivity index (χ1) is 8.49. The lowest BCUT2D eigenvalue weighted by Gasteiger charge is -2.08. The lowest BCUT2D eigenvalue weighted by molar-refractivity contribution is 0.688. The number of nitrogens with two attached hydrogens (primary N) is 1. The molecule has 1 aromatic carbocycles. The number of rotatable bonds is 3. The number of anilines is 1. The van der Waals surface area contributed by atoms with Gasteiger partial charge >= 0.3 is 0 Å². The molecule has 1 aromatic heterocycles. The van der Waals surface area contributed by atoms with Crippen molar-refractivity contribution in [2.45, 2.75) is 33.2 Å². The van der Waals surface area contributed by atoms with Crippen LogP contribution in [0, 0.1) is 6.92 Å². The maximum Gasteiger partial charge on any atom is 0.141 e. The topological polar surface area (TPSA) is 43.8 Å². The molecule has 1 heterocycles. The number of aryl methyl sites for hydroxylation is 1. The van der Waals surface area contributed by atoms with Crippen molar-refractivity contribution in [2.24, 2.45) is 0 Å². The second-order valence-corrected chi connectivity index (χ2v) is 5.22. The van der Waals surface area contributed by atoms with Crippen molar-refractivity contribution in [1.29, 1.82) is 0 Å². The van der Waals surface area contributed by atoms with Crippen LogP contribution in [-0.4, -0.2) is 9.78 Å². The van der Waals surface area contributed by atoms with Gasteiger partial charge in [0.2, 0.25) is 0 Å². The first kappa shape index (κ1) is 13.0. The zero-order chi connectivity index (χ0) is 13.3. The number of benzene rings is 1. The first-order valence-corrected chi connectivity index (χ1v) is 6.44. The molecule has 0 spiro atoms. The Bertz CT molecular complexity index is 541. The van der Waals surface area contributed by atoms with E-state index < -0.39 is 0 Å². The van der Waals surface area contributed by atoms with Crippen molar-refractivity contribution in [1.82, 2.24) is 9.78 Å². The van der Waals surface area contributed by atoms with Crippen molar-refractivity contribution >= 4 is 17.4 Å². The van der Waals surface area contributed by atoms with Gasteiger partial charge in [-0.3, -0.25) is 0 Å². The normalized spacial score (nSPS) is 11.2. The molecule has 0 saturated heterocycles. The molecule has 0 radical (unpaired) electrons. The molecule has 0 aliphatic heterocycles. The Hall–Kier alpha value is -1.48. The van der Waals surface area contributed by atoms with E-state index in [-0.39, 0.29) is 0 Å². The molecule has 0 bridgehead atoms. The second kappa shape index (κ2) is 5.02. The van der Waals surface area contributed by atoms with Gasteiger partial charge < -0.3 is 5.73 Å². The molecular weight excluding hydrogens is 246 g/mol. The van der Waals surface area contributed by atoms with Gasteiger partial charge in [0, 0.05) is 0 Å². The highest BCUT2D eigenvalue weighted by Gasteiger charge is 2.10. The lowest BCUT2D eigenvalue weighted by Crippen LogP contribution is -2.06. The van der Waals surface area contributed by atoms with Crippen LogP contribution in [0.5, 0.6) is 0 Å². The molecule has 0 aliphatic rings. The van der Waals surface area contributed by atoms with Crippen molar-refractivity contribution < 1.29 is 0 Å². The highest BCUT2D eigenvalue weighted by atomic mass is 35.5. The summed E-state index contributed by atoms with van der Waals surface area (Å²) in [4.78, 5) is 0. The summed E-state index contributed by atoms with van der Waals surface area (Å²) in [5.41, 5.74) is 9.18. The summed E-state index contributed by atoms with van der Waals surface area (Å²) >= 11 is 6.02. The van der Waals surface area contributed by atoms with Crippen LogP contribution < -0.4 is 5.73 Å². The fraction of sp³-hybridized carbons (Fsp3) is 0.357. The van der Waals surface area contributed by atoms with E-state index in [0.29, 0.717) is 23.3 Å². The third-order valence-corrected chi connectivity index (χ3v) is 3.54. The summed E-state index contributed by atoms with van der Waals surface area (Å²) in [6.45, 7) is 6.88. The van der Waals surface area contributed by atoms with Crippen LogP contribution >= 0.6 is 11.6 Å². The summed E-state index contributed by atoms with van der Waals surface area (Å²) in [7, 11) is 0. The van der Waals surface area contributed by atoms with E-state index in [1.165, 1.54) is 11.1 Å². The highest BCUT2D eigenvalue weighted by Crippen LogP contribution is 2.23. The molecule has 2 N–H and O–H groups in total. The zero-order valence-electron chi connectivity index (χ0n) is 10.9. The minimum absolute atomic E-state index is 0.530. The molecule has 18 heavy (non-hydrogen) atoms. The van der Waals surface area contributed by atoms with E-state index in [2.05, 4.69) is 43.2 Å². The van der Waals surface area contributed by atoms with Crippen molar-refractivity contribution in [2.75, 3.05) is 5.73 Å². The van der Waals surface area contributed by atoms with Crippen LogP contribution in [0.15, 0.2) is 24.3 Å². The van der Waals surface area contributed by atoms with Crippen molar-refractivity contribution in [3.8, 4) is 0 Å². The maximum atomic E-state index is 6.02. The number of hydrogen-bond donors (Lipinski definition) is 1. The summed E-state index contributed by atoms with van der Waals surface area (Å²) in [5.74, 6) is 1.08. The minimum atomic E-state index is 0.530. The Morgan fingerprint density at radius 2 is 1.89 bits per heavy atom. The average molecular weight is 264 g/mol. The third kappa shape index (κ3) is 2.51. The second-order valence-electron chi connectivity index (χ2n) is 4.84. The number of nitrogen functional groups attached to an aromatic ring is 1. The molecule has 0 atom stereocenters. The Morgan fingerprint density at radius 1 is 1.28 bits per heavy atom. The first-order valence-electron chi connectivity index (χ1n) is 6.06. The summed E-state index contributed by atoms with van der Waals surface area (Å²) < 4.78 is 1.74. The number of nitrogens with zero attached hydrogens (tertiary/aromatic N) is 2. The van der Waals surface area contributed by atoms with Gasteiger partial charge in [-0.05, 0) is 24.0 Å². The van der Waals surface area contributed by atoms with Gasteiger partial charge in [-0.25, -0.2) is 4.68 Å². The molecule has 0 saturated carbocycles. The number of hydrogen-bond acceptors (Lipinski definition) is 2. The van der Waals surface area contributed by atoms with Gasteiger partial charge in [-0.2, -0.15) is 5.10 Å². The number of aromatic nitrogens is 2. The minimum Gasteiger partial charge on any atom is -0.383 e. The summed E-state index contributed by atoms with van der Waals surface area (Å²) in [5, 5.41) is 4.87. The third-order valence-electron chi connectivity index (χ3n) is 3.07. The van der Waals surface area contributed by atoms with Crippen LogP contribution in [0.1, 0.15) is 36.6 Å².